The van der Waals surface area contributed by atoms with Crippen molar-refractivity contribution >= 4 is 10.9 Å². The van der Waals surface area contributed by atoms with Crippen molar-refractivity contribution in [3.05, 3.63) is 42.1 Å². The highest BCUT2D eigenvalue weighted by Gasteiger charge is 2.20. The van der Waals surface area contributed by atoms with E-state index in [1.165, 1.54) is 10.9 Å². The number of nitrogens with one attached hydrogen (secondary N) is 1. The number of hydrogen-bond donors (Lipinski definition) is 1. The summed E-state index contributed by atoms with van der Waals surface area (Å²) in [5.74, 6) is 0. The van der Waals surface area contributed by atoms with E-state index in [0.717, 1.165) is 11.9 Å². The predicted octanol–water partition coefficient (Wildman–Crippen LogP) is 1.98. The fourth-order valence-corrected chi connectivity index (χ4v) is 2.33. The Balaban J connectivity index is 2.29. The molecule has 0 fully saturated rings. The van der Waals surface area contributed by atoms with E-state index < -0.39 is 0 Å². The summed E-state index contributed by atoms with van der Waals surface area (Å²) in [4.78, 5) is 4.38. The van der Waals surface area contributed by atoms with Gasteiger partial charge in [0.2, 0.25) is 0 Å². The van der Waals surface area contributed by atoms with E-state index in [0.29, 0.717) is 0 Å². The molecule has 4 heteroatoms. The Morgan fingerprint density at radius 1 is 1.16 bits per heavy atom. The second-order valence-corrected chi connectivity index (χ2v) is 4.43. The number of rotatable bonds is 6. The van der Waals surface area contributed by atoms with Crippen molar-refractivity contribution in [2.45, 2.75) is 18.8 Å². The molecule has 1 atom stereocenters. The molecule has 0 amide bonds. The maximum atomic E-state index is 5.34. The van der Waals surface area contributed by atoms with Gasteiger partial charge in [-0.15, -0.1) is 0 Å². The molecule has 0 spiro atoms. The molecule has 1 unspecified atom stereocenters. The average Bonchev–Trinajstić information content (AvgIpc) is 2.47. The van der Waals surface area contributed by atoms with Crippen LogP contribution in [0.5, 0.6) is 0 Å². The van der Waals surface area contributed by atoms with Gasteiger partial charge >= 0.3 is 0 Å². The van der Waals surface area contributed by atoms with Crippen molar-refractivity contribution in [2.75, 3.05) is 21.3 Å². The predicted molar refractivity (Wildman–Crippen MR) is 76.1 cm³/mol. The molecule has 2 rings (SSSR count). The monoisotopic (exact) mass is 260 g/mol. The summed E-state index contributed by atoms with van der Waals surface area (Å²) in [6, 6.07) is 10.3. The van der Waals surface area contributed by atoms with Gasteiger partial charge in [-0.2, -0.15) is 0 Å². The number of para-hydroxylation sites is 1. The smallest absolute Gasteiger partial charge is 0.172 e. The highest BCUT2D eigenvalue weighted by atomic mass is 16.7. The Morgan fingerprint density at radius 3 is 2.58 bits per heavy atom. The number of ether oxygens (including phenoxy) is 2. The molecule has 0 saturated heterocycles. The number of methoxy groups -OCH3 is 2. The van der Waals surface area contributed by atoms with Crippen molar-refractivity contribution < 1.29 is 9.47 Å². The van der Waals surface area contributed by atoms with Crippen molar-refractivity contribution in [1.82, 2.24) is 10.3 Å². The van der Waals surface area contributed by atoms with Gasteiger partial charge < -0.3 is 14.8 Å². The van der Waals surface area contributed by atoms with E-state index in [9.17, 15) is 0 Å². The first-order chi connectivity index (χ1) is 9.30. The highest BCUT2D eigenvalue weighted by Crippen LogP contribution is 2.19. The molecule has 2 aromatic rings. The standard InChI is InChI=1S/C15H20N2O2/c1-16-14(15(18-2)19-3)10-11-8-9-17-13-7-5-4-6-12(11)13/h4-9,14-16H,10H2,1-3H3. The largest absolute Gasteiger partial charge is 0.354 e. The van der Waals surface area contributed by atoms with Crippen LogP contribution < -0.4 is 5.32 Å². The fourth-order valence-electron chi connectivity index (χ4n) is 2.33. The van der Waals surface area contributed by atoms with Crippen molar-refractivity contribution in [2.24, 2.45) is 0 Å². The number of nitrogens with zero attached hydrogens (tertiary/aromatic N) is 1. The minimum atomic E-state index is -0.267. The topological polar surface area (TPSA) is 43.4 Å². The summed E-state index contributed by atoms with van der Waals surface area (Å²) in [5.41, 5.74) is 2.25. The molecule has 102 valence electrons. The zero-order chi connectivity index (χ0) is 13.7. The lowest BCUT2D eigenvalue weighted by atomic mass is 10.0. The number of fused-ring (bicyclic) bond motifs is 1. The average molecular weight is 260 g/mol. The summed E-state index contributed by atoms with van der Waals surface area (Å²) in [6.45, 7) is 0. The van der Waals surface area contributed by atoms with Gasteiger partial charge in [-0.05, 0) is 31.2 Å². The van der Waals surface area contributed by atoms with Gasteiger partial charge in [0.15, 0.2) is 6.29 Å². The van der Waals surface area contributed by atoms with Gasteiger partial charge in [0.25, 0.3) is 0 Å². The molecule has 1 N–H and O–H groups in total. The normalized spacial score (nSPS) is 13.1. The number of aromatic nitrogens is 1. The molecule has 1 aromatic carbocycles. The van der Waals surface area contributed by atoms with E-state index in [2.05, 4.69) is 22.4 Å². The SMILES string of the molecule is CNC(Cc1ccnc2ccccc12)C(OC)OC. The first kappa shape index (κ1) is 13.9. The molecule has 4 nitrogen and oxygen atoms in total. The van der Waals surface area contributed by atoms with Crippen LogP contribution >= 0.6 is 0 Å². The van der Waals surface area contributed by atoms with Crippen LogP contribution in [0.15, 0.2) is 36.5 Å². The maximum absolute atomic E-state index is 5.34. The fraction of sp³-hybridized carbons (Fsp3) is 0.400. The third kappa shape index (κ3) is 3.10. The molecule has 0 bridgehead atoms. The van der Waals surface area contributed by atoms with Crippen LogP contribution in [0.4, 0.5) is 0 Å². The molecule has 0 aliphatic heterocycles. The molecular formula is C15H20N2O2. The quantitative estimate of drug-likeness (QED) is 0.807. The van der Waals surface area contributed by atoms with Gasteiger partial charge in [0.1, 0.15) is 0 Å². The molecule has 1 aromatic heterocycles. The van der Waals surface area contributed by atoms with E-state index in [4.69, 9.17) is 9.47 Å². The first-order valence-corrected chi connectivity index (χ1v) is 6.35. The van der Waals surface area contributed by atoms with Gasteiger partial charge in [-0.1, -0.05) is 18.2 Å². The molecule has 19 heavy (non-hydrogen) atoms. The van der Waals surface area contributed by atoms with Crippen LogP contribution in [0.2, 0.25) is 0 Å². The van der Waals surface area contributed by atoms with Crippen molar-refractivity contribution in [3.8, 4) is 0 Å². The van der Waals surface area contributed by atoms with Gasteiger partial charge in [-0.25, -0.2) is 0 Å². The minimum absolute atomic E-state index is 0.0980. The lowest BCUT2D eigenvalue weighted by Crippen LogP contribution is -2.41. The van der Waals surface area contributed by atoms with Gasteiger partial charge in [0, 0.05) is 25.8 Å². The molecule has 1 heterocycles. The molecule has 0 aliphatic carbocycles. The second kappa shape index (κ2) is 6.61. The van der Waals surface area contributed by atoms with Crippen LogP contribution in [-0.4, -0.2) is 38.6 Å². The van der Waals surface area contributed by atoms with Gasteiger partial charge in [-0.3, -0.25) is 4.98 Å². The van der Waals surface area contributed by atoms with E-state index in [-0.39, 0.29) is 12.3 Å². The first-order valence-electron chi connectivity index (χ1n) is 6.35. The molecular weight excluding hydrogens is 240 g/mol. The van der Waals surface area contributed by atoms with E-state index >= 15 is 0 Å². The third-order valence-corrected chi connectivity index (χ3v) is 3.34. The highest BCUT2D eigenvalue weighted by molar-refractivity contribution is 5.81. The van der Waals surface area contributed by atoms with Gasteiger partial charge in [0.05, 0.1) is 11.6 Å². The molecule has 0 aliphatic rings. The zero-order valence-corrected chi connectivity index (χ0v) is 11.6. The zero-order valence-electron chi connectivity index (χ0n) is 11.6. The van der Waals surface area contributed by atoms with Crippen LogP contribution in [0.25, 0.3) is 10.9 Å². The maximum Gasteiger partial charge on any atom is 0.172 e. The third-order valence-electron chi connectivity index (χ3n) is 3.34. The Labute approximate surface area is 113 Å². The summed E-state index contributed by atoms with van der Waals surface area (Å²) >= 11 is 0. The van der Waals surface area contributed by atoms with Crippen LogP contribution in [-0.2, 0) is 15.9 Å². The lowest BCUT2D eigenvalue weighted by Gasteiger charge is -2.24. The minimum Gasteiger partial charge on any atom is -0.354 e. The van der Waals surface area contributed by atoms with Crippen LogP contribution in [0.3, 0.4) is 0 Å². The molecule has 0 radical (unpaired) electrons. The lowest BCUT2D eigenvalue weighted by molar-refractivity contribution is -0.121. The second-order valence-electron chi connectivity index (χ2n) is 4.43. The Morgan fingerprint density at radius 2 is 1.89 bits per heavy atom. The number of hydrogen-bond acceptors (Lipinski definition) is 4. The van der Waals surface area contributed by atoms with Crippen LogP contribution in [0, 0.1) is 0 Å². The molecule has 0 saturated carbocycles. The van der Waals surface area contributed by atoms with Crippen LogP contribution in [0.1, 0.15) is 5.56 Å². The summed E-state index contributed by atoms with van der Waals surface area (Å²) < 4.78 is 10.7. The Bertz CT molecular complexity index is 521. The van der Waals surface area contributed by atoms with Crippen molar-refractivity contribution in [3.63, 3.8) is 0 Å². The summed E-state index contributed by atoms with van der Waals surface area (Å²) in [5, 5.41) is 4.42. The number of likely N-dealkylation sites (N-methyl/N-ethyl adjacent to an activating group) is 1. The van der Waals surface area contributed by atoms with E-state index in [1.807, 2.05) is 31.4 Å². The van der Waals surface area contributed by atoms with E-state index in [1.54, 1.807) is 14.2 Å². The summed E-state index contributed by atoms with van der Waals surface area (Å²) in [6.07, 6.45) is 2.40. The number of pyridine rings is 1. The number of benzene rings is 1. The Hall–Kier alpha value is -1.49. The van der Waals surface area contributed by atoms with Crippen molar-refractivity contribution in [1.29, 1.82) is 0 Å². The Kier molecular flexibility index (Phi) is 4.85. The summed E-state index contributed by atoms with van der Waals surface area (Å²) in [7, 11) is 5.23.